The molecule has 78 valence electrons. The Labute approximate surface area is 89.8 Å². The highest BCUT2D eigenvalue weighted by Crippen LogP contribution is 1.95. The number of hydrogen-bond acceptors (Lipinski definition) is 2. The quantitative estimate of drug-likeness (QED) is 0.755. The van der Waals surface area contributed by atoms with Crippen molar-refractivity contribution < 1.29 is 0 Å². The first-order valence-electron chi connectivity index (χ1n) is 4.67. The standard InChI is InChI=1S/C10H16ClN3/c1-9(7-11)8-12-4-3-10-13-5-6-14(10)2/h5-7,12H,3-4,8H2,1-2H3/b9-7-. The Morgan fingerprint density at radius 1 is 1.71 bits per heavy atom. The van der Waals surface area contributed by atoms with E-state index < -0.39 is 0 Å². The first kappa shape index (κ1) is 11.3. The number of hydrogen-bond donors (Lipinski definition) is 1. The molecule has 3 nitrogen and oxygen atoms in total. The molecule has 1 aromatic rings. The first-order chi connectivity index (χ1) is 6.74. The molecule has 0 bridgehead atoms. The van der Waals surface area contributed by atoms with E-state index >= 15 is 0 Å². The van der Waals surface area contributed by atoms with E-state index in [4.69, 9.17) is 11.6 Å². The SMILES string of the molecule is C/C(=C/Cl)CNCCc1nccn1C. The summed E-state index contributed by atoms with van der Waals surface area (Å²) in [4.78, 5) is 4.23. The Morgan fingerprint density at radius 3 is 3.07 bits per heavy atom. The molecule has 0 saturated carbocycles. The Hall–Kier alpha value is -0.800. The van der Waals surface area contributed by atoms with Crippen molar-refractivity contribution in [2.24, 2.45) is 7.05 Å². The number of imidazole rings is 1. The third kappa shape index (κ3) is 3.52. The van der Waals surface area contributed by atoms with Gasteiger partial charge in [-0.3, -0.25) is 0 Å². The van der Waals surface area contributed by atoms with Crippen molar-refractivity contribution in [2.75, 3.05) is 13.1 Å². The summed E-state index contributed by atoms with van der Waals surface area (Å²) >= 11 is 5.54. The minimum atomic E-state index is 0.841. The van der Waals surface area contributed by atoms with Crippen LogP contribution in [0.25, 0.3) is 0 Å². The predicted octanol–water partition coefficient (Wildman–Crippen LogP) is 1.69. The van der Waals surface area contributed by atoms with Crippen LogP contribution in [0.1, 0.15) is 12.7 Å². The molecule has 1 rings (SSSR count). The average molecular weight is 214 g/mol. The van der Waals surface area contributed by atoms with Crippen molar-refractivity contribution in [2.45, 2.75) is 13.3 Å². The Kier molecular flexibility index (Phi) is 4.70. The van der Waals surface area contributed by atoms with Gasteiger partial charge in [0.25, 0.3) is 0 Å². The lowest BCUT2D eigenvalue weighted by atomic mass is 10.3. The van der Waals surface area contributed by atoms with Crippen LogP contribution in [0.5, 0.6) is 0 Å². The lowest BCUT2D eigenvalue weighted by molar-refractivity contribution is 0.683. The monoisotopic (exact) mass is 213 g/mol. The van der Waals surface area contributed by atoms with Crippen molar-refractivity contribution in [3.8, 4) is 0 Å². The Balaban J connectivity index is 2.20. The lowest BCUT2D eigenvalue weighted by Crippen LogP contribution is -2.20. The third-order valence-corrected chi connectivity index (χ3v) is 2.41. The molecule has 0 fully saturated rings. The number of aromatic nitrogens is 2. The minimum Gasteiger partial charge on any atom is -0.338 e. The van der Waals surface area contributed by atoms with Crippen LogP contribution in [0.15, 0.2) is 23.5 Å². The molecule has 1 N–H and O–H groups in total. The topological polar surface area (TPSA) is 29.9 Å². The summed E-state index contributed by atoms with van der Waals surface area (Å²) in [7, 11) is 2.01. The Morgan fingerprint density at radius 2 is 2.50 bits per heavy atom. The van der Waals surface area contributed by atoms with Gasteiger partial charge in [-0.25, -0.2) is 4.98 Å². The number of aryl methyl sites for hydroxylation is 1. The van der Waals surface area contributed by atoms with Crippen LogP contribution in [0.3, 0.4) is 0 Å². The molecule has 1 aromatic heterocycles. The maximum Gasteiger partial charge on any atom is 0.109 e. The third-order valence-electron chi connectivity index (χ3n) is 2.04. The zero-order chi connectivity index (χ0) is 10.4. The molecule has 0 radical (unpaired) electrons. The second-order valence-electron chi connectivity index (χ2n) is 3.34. The summed E-state index contributed by atoms with van der Waals surface area (Å²) in [6, 6.07) is 0. The lowest BCUT2D eigenvalue weighted by Gasteiger charge is -2.04. The second kappa shape index (κ2) is 5.83. The zero-order valence-electron chi connectivity index (χ0n) is 8.63. The van der Waals surface area contributed by atoms with E-state index in [1.807, 2.05) is 30.9 Å². The van der Waals surface area contributed by atoms with Crippen LogP contribution < -0.4 is 5.32 Å². The van der Waals surface area contributed by atoms with Crippen LogP contribution in [-0.4, -0.2) is 22.6 Å². The van der Waals surface area contributed by atoms with Gasteiger partial charge in [0.15, 0.2) is 0 Å². The molecule has 0 aliphatic carbocycles. The van der Waals surface area contributed by atoms with E-state index in [0.717, 1.165) is 30.9 Å². The molecule has 0 aliphatic rings. The summed E-state index contributed by atoms with van der Waals surface area (Å²) in [5.41, 5.74) is 2.75. The zero-order valence-corrected chi connectivity index (χ0v) is 9.38. The minimum absolute atomic E-state index is 0.841. The van der Waals surface area contributed by atoms with E-state index in [1.54, 1.807) is 5.54 Å². The molecular weight excluding hydrogens is 198 g/mol. The van der Waals surface area contributed by atoms with Gasteiger partial charge >= 0.3 is 0 Å². The molecule has 0 aromatic carbocycles. The normalized spacial score (nSPS) is 12.1. The van der Waals surface area contributed by atoms with Crippen molar-refractivity contribution in [1.29, 1.82) is 0 Å². The smallest absolute Gasteiger partial charge is 0.109 e. The summed E-state index contributed by atoms with van der Waals surface area (Å²) in [5.74, 6) is 1.10. The second-order valence-corrected chi connectivity index (χ2v) is 3.55. The highest BCUT2D eigenvalue weighted by molar-refractivity contribution is 6.25. The van der Waals surface area contributed by atoms with Gasteiger partial charge in [0.05, 0.1) is 0 Å². The number of nitrogens with one attached hydrogen (secondary N) is 1. The number of nitrogens with zero attached hydrogens (tertiary/aromatic N) is 2. The number of halogens is 1. The van der Waals surface area contributed by atoms with Crippen molar-refractivity contribution >= 4 is 11.6 Å². The van der Waals surface area contributed by atoms with E-state index in [9.17, 15) is 0 Å². The molecular formula is C10H16ClN3. The predicted molar refractivity (Wildman–Crippen MR) is 59.4 cm³/mol. The van der Waals surface area contributed by atoms with Gasteiger partial charge in [-0.1, -0.05) is 11.6 Å². The highest BCUT2D eigenvalue weighted by Gasteiger charge is 1.97. The molecule has 4 heteroatoms. The van der Waals surface area contributed by atoms with Crippen LogP contribution in [0.2, 0.25) is 0 Å². The van der Waals surface area contributed by atoms with Crippen molar-refractivity contribution in [3.05, 3.63) is 29.3 Å². The molecule has 0 amide bonds. The van der Waals surface area contributed by atoms with Gasteiger partial charge in [-0.2, -0.15) is 0 Å². The van der Waals surface area contributed by atoms with Gasteiger partial charge in [0.2, 0.25) is 0 Å². The van der Waals surface area contributed by atoms with Crippen molar-refractivity contribution in [1.82, 2.24) is 14.9 Å². The molecule has 1 heterocycles. The fourth-order valence-electron chi connectivity index (χ4n) is 1.16. The van der Waals surface area contributed by atoms with Crippen molar-refractivity contribution in [3.63, 3.8) is 0 Å². The molecule has 0 unspecified atom stereocenters. The largest absolute Gasteiger partial charge is 0.338 e. The number of rotatable bonds is 5. The molecule has 0 saturated heterocycles. The highest BCUT2D eigenvalue weighted by atomic mass is 35.5. The fraction of sp³-hybridized carbons (Fsp3) is 0.500. The molecule has 0 spiro atoms. The summed E-state index contributed by atoms with van der Waals surface area (Å²) < 4.78 is 2.03. The summed E-state index contributed by atoms with van der Waals surface area (Å²) in [5, 5.41) is 3.30. The van der Waals surface area contributed by atoms with Gasteiger partial charge in [0.1, 0.15) is 5.82 Å². The fourth-order valence-corrected chi connectivity index (χ4v) is 1.24. The summed E-state index contributed by atoms with van der Waals surface area (Å²) in [6.07, 6.45) is 4.72. The average Bonchev–Trinajstić information content (AvgIpc) is 2.58. The molecule has 0 aliphatic heterocycles. The van der Waals surface area contributed by atoms with E-state index in [-0.39, 0.29) is 0 Å². The van der Waals surface area contributed by atoms with Crippen LogP contribution in [-0.2, 0) is 13.5 Å². The van der Waals surface area contributed by atoms with E-state index in [0.29, 0.717) is 0 Å². The van der Waals surface area contributed by atoms with E-state index in [2.05, 4.69) is 10.3 Å². The van der Waals surface area contributed by atoms with Gasteiger partial charge in [-0.15, -0.1) is 0 Å². The molecule has 14 heavy (non-hydrogen) atoms. The van der Waals surface area contributed by atoms with E-state index in [1.165, 1.54) is 0 Å². The maximum atomic E-state index is 5.54. The van der Waals surface area contributed by atoms with Gasteiger partial charge < -0.3 is 9.88 Å². The van der Waals surface area contributed by atoms with Gasteiger partial charge in [0, 0.05) is 44.5 Å². The van der Waals surface area contributed by atoms with Gasteiger partial charge in [-0.05, 0) is 12.5 Å². The molecule has 0 atom stereocenters. The van der Waals surface area contributed by atoms with Crippen LogP contribution in [0, 0.1) is 0 Å². The Bertz CT molecular complexity index is 304. The summed E-state index contributed by atoms with van der Waals surface area (Å²) in [6.45, 7) is 3.77. The maximum absolute atomic E-state index is 5.54. The first-order valence-corrected chi connectivity index (χ1v) is 5.10. The van der Waals surface area contributed by atoms with Crippen LogP contribution in [0.4, 0.5) is 0 Å². The van der Waals surface area contributed by atoms with Crippen LogP contribution >= 0.6 is 11.6 Å².